The van der Waals surface area contributed by atoms with Crippen molar-refractivity contribution >= 4 is 11.5 Å². The van der Waals surface area contributed by atoms with Crippen molar-refractivity contribution < 1.29 is 4.74 Å². The first-order valence-electron chi connectivity index (χ1n) is 2.32. The Kier molecular flexibility index (Phi) is 1.80. The molecule has 0 aliphatic rings. The van der Waals surface area contributed by atoms with Crippen LogP contribution in [0.3, 0.4) is 0 Å². The fourth-order valence-electron chi connectivity index (χ4n) is 0.354. The fraction of sp³-hybridized carbons (Fsp3) is 0.500. The average molecular weight is 130 g/mol. The van der Waals surface area contributed by atoms with E-state index < -0.39 is 0 Å². The Bertz CT molecular complexity index is 140. The van der Waals surface area contributed by atoms with Gasteiger partial charge in [-0.3, -0.25) is 0 Å². The Morgan fingerprint density at radius 3 is 3.25 bits per heavy atom. The van der Waals surface area contributed by atoms with Crippen molar-refractivity contribution in [2.45, 2.75) is 6.92 Å². The average Bonchev–Trinajstić information content (AvgIpc) is 2.19. The van der Waals surface area contributed by atoms with Gasteiger partial charge in [-0.1, -0.05) is 0 Å². The van der Waals surface area contributed by atoms with E-state index in [9.17, 15) is 0 Å². The minimum Gasteiger partial charge on any atom is -0.463 e. The van der Waals surface area contributed by atoms with Gasteiger partial charge in [0.15, 0.2) is 0 Å². The lowest BCUT2D eigenvalue weighted by molar-refractivity contribution is 0.317. The number of nitrogens with zero attached hydrogens (tertiary/aromatic N) is 2. The Balaban J connectivity index is 2.50. The molecule has 0 atom stereocenters. The molecular weight excluding hydrogens is 124 g/mol. The Labute approximate surface area is 51.5 Å². The second-order valence-corrected chi connectivity index (χ2v) is 1.75. The molecule has 0 bridgehead atoms. The van der Waals surface area contributed by atoms with Crippen LogP contribution in [0.4, 0.5) is 0 Å². The number of aromatic nitrogens is 2. The van der Waals surface area contributed by atoms with Crippen LogP contribution in [0.2, 0.25) is 0 Å². The smallest absolute Gasteiger partial charge is 0.328 e. The van der Waals surface area contributed by atoms with Crippen molar-refractivity contribution in [3.63, 3.8) is 0 Å². The highest BCUT2D eigenvalue weighted by atomic mass is 32.1. The highest BCUT2D eigenvalue weighted by Gasteiger charge is 1.90. The Hall–Kier alpha value is -0.640. The summed E-state index contributed by atoms with van der Waals surface area (Å²) in [5.41, 5.74) is 1.64. The minimum absolute atomic E-state index is 0.484. The molecule has 0 saturated heterocycles. The summed E-state index contributed by atoms with van der Waals surface area (Å²) in [5, 5.41) is 0. The highest BCUT2D eigenvalue weighted by Crippen LogP contribution is 2.01. The first kappa shape index (κ1) is 5.50. The molecule has 0 aromatic carbocycles. The molecular formula is C4H6N2OS. The first-order valence-corrected chi connectivity index (χ1v) is 3.16. The molecule has 1 heterocycles. The predicted molar refractivity (Wildman–Crippen MR) is 31.1 cm³/mol. The van der Waals surface area contributed by atoms with Crippen LogP contribution in [0.15, 0.2) is 5.51 Å². The first-order chi connectivity index (χ1) is 3.93. The molecule has 0 amide bonds. The zero-order valence-electron chi connectivity index (χ0n) is 4.50. The van der Waals surface area contributed by atoms with Crippen LogP contribution >= 0.6 is 11.5 Å². The van der Waals surface area contributed by atoms with Crippen molar-refractivity contribution in [3.05, 3.63) is 5.51 Å². The van der Waals surface area contributed by atoms with Crippen LogP contribution in [-0.4, -0.2) is 16.0 Å². The van der Waals surface area contributed by atoms with Crippen molar-refractivity contribution in [2.24, 2.45) is 0 Å². The van der Waals surface area contributed by atoms with Gasteiger partial charge >= 0.3 is 6.01 Å². The van der Waals surface area contributed by atoms with Crippen molar-refractivity contribution in [2.75, 3.05) is 6.61 Å². The van der Waals surface area contributed by atoms with Crippen LogP contribution in [0, 0.1) is 0 Å². The van der Waals surface area contributed by atoms with E-state index in [0.717, 1.165) is 0 Å². The van der Waals surface area contributed by atoms with E-state index in [0.29, 0.717) is 12.6 Å². The number of ether oxygens (including phenoxy) is 1. The van der Waals surface area contributed by atoms with E-state index in [4.69, 9.17) is 4.74 Å². The molecule has 1 aromatic heterocycles. The summed E-state index contributed by atoms with van der Waals surface area (Å²) in [7, 11) is 0. The fourth-order valence-corrected chi connectivity index (χ4v) is 0.728. The van der Waals surface area contributed by atoms with E-state index in [1.54, 1.807) is 5.51 Å². The summed E-state index contributed by atoms with van der Waals surface area (Å²) in [6.45, 7) is 2.54. The molecule has 0 aliphatic heterocycles. The molecule has 44 valence electrons. The molecule has 0 aliphatic carbocycles. The number of hydrogen-bond donors (Lipinski definition) is 0. The van der Waals surface area contributed by atoms with Gasteiger partial charge in [0, 0.05) is 0 Å². The molecule has 1 aromatic rings. The van der Waals surface area contributed by atoms with Gasteiger partial charge in [-0.15, -0.1) is 4.37 Å². The molecule has 3 nitrogen and oxygen atoms in total. The molecule has 0 radical (unpaired) electrons. The van der Waals surface area contributed by atoms with Crippen LogP contribution in [0.5, 0.6) is 6.01 Å². The zero-order chi connectivity index (χ0) is 5.82. The van der Waals surface area contributed by atoms with Crippen molar-refractivity contribution in [3.8, 4) is 6.01 Å². The van der Waals surface area contributed by atoms with Crippen LogP contribution in [0.1, 0.15) is 6.92 Å². The quantitative estimate of drug-likeness (QED) is 0.597. The second-order valence-electron chi connectivity index (χ2n) is 1.15. The molecule has 0 fully saturated rings. The predicted octanol–water partition coefficient (Wildman–Crippen LogP) is 0.937. The minimum atomic E-state index is 0.484. The van der Waals surface area contributed by atoms with Crippen LogP contribution in [0.25, 0.3) is 0 Å². The largest absolute Gasteiger partial charge is 0.463 e. The molecule has 0 spiro atoms. The molecule has 8 heavy (non-hydrogen) atoms. The maximum atomic E-state index is 4.93. The lowest BCUT2D eigenvalue weighted by Gasteiger charge is -1.90. The van der Waals surface area contributed by atoms with Gasteiger partial charge in [-0.05, 0) is 18.5 Å². The van der Waals surface area contributed by atoms with E-state index in [2.05, 4.69) is 9.36 Å². The molecule has 4 heteroatoms. The normalized spacial score (nSPS) is 9.12. The topological polar surface area (TPSA) is 35.0 Å². The third kappa shape index (κ3) is 1.16. The van der Waals surface area contributed by atoms with Gasteiger partial charge in [0.05, 0.1) is 6.61 Å². The third-order valence-corrected chi connectivity index (χ3v) is 1.08. The maximum absolute atomic E-state index is 4.93. The Morgan fingerprint density at radius 2 is 2.75 bits per heavy atom. The zero-order valence-corrected chi connectivity index (χ0v) is 5.31. The Morgan fingerprint density at radius 1 is 1.88 bits per heavy atom. The van der Waals surface area contributed by atoms with Gasteiger partial charge in [0.25, 0.3) is 0 Å². The van der Waals surface area contributed by atoms with E-state index in [1.807, 2.05) is 6.92 Å². The highest BCUT2D eigenvalue weighted by molar-refractivity contribution is 7.03. The van der Waals surface area contributed by atoms with Gasteiger partial charge in [0.2, 0.25) is 0 Å². The van der Waals surface area contributed by atoms with Gasteiger partial charge in [0.1, 0.15) is 5.51 Å². The van der Waals surface area contributed by atoms with E-state index in [-0.39, 0.29) is 0 Å². The molecule has 1 rings (SSSR count). The lowest BCUT2D eigenvalue weighted by atomic mass is 10.9. The van der Waals surface area contributed by atoms with Crippen molar-refractivity contribution in [1.82, 2.24) is 9.36 Å². The summed E-state index contributed by atoms with van der Waals surface area (Å²) in [6, 6.07) is 0.484. The SMILES string of the molecule is CCOc1ncsn1. The van der Waals surface area contributed by atoms with Crippen LogP contribution in [-0.2, 0) is 0 Å². The summed E-state index contributed by atoms with van der Waals surface area (Å²) >= 11 is 1.29. The van der Waals surface area contributed by atoms with Gasteiger partial charge in [-0.2, -0.15) is 4.98 Å². The summed E-state index contributed by atoms with van der Waals surface area (Å²) < 4.78 is 8.75. The summed E-state index contributed by atoms with van der Waals surface area (Å²) in [5.74, 6) is 0. The second kappa shape index (κ2) is 2.61. The van der Waals surface area contributed by atoms with Gasteiger partial charge in [-0.25, -0.2) is 0 Å². The monoisotopic (exact) mass is 130 g/mol. The summed E-state index contributed by atoms with van der Waals surface area (Å²) in [6.07, 6.45) is 0. The molecule has 0 unspecified atom stereocenters. The molecule has 0 saturated carbocycles. The standard InChI is InChI=1S/C4H6N2OS/c1-2-7-4-5-3-8-6-4/h3H,2H2,1H3. The van der Waals surface area contributed by atoms with Gasteiger partial charge < -0.3 is 4.74 Å². The summed E-state index contributed by atoms with van der Waals surface area (Å²) in [4.78, 5) is 3.79. The lowest BCUT2D eigenvalue weighted by Crippen LogP contribution is -1.91. The van der Waals surface area contributed by atoms with E-state index >= 15 is 0 Å². The third-order valence-electron chi connectivity index (χ3n) is 0.615. The van der Waals surface area contributed by atoms with Crippen LogP contribution < -0.4 is 4.74 Å². The molecule has 0 N–H and O–H groups in total. The number of rotatable bonds is 2. The maximum Gasteiger partial charge on any atom is 0.328 e. The number of hydrogen-bond acceptors (Lipinski definition) is 4. The van der Waals surface area contributed by atoms with E-state index in [1.165, 1.54) is 11.5 Å². The van der Waals surface area contributed by atoms with Crippen molar-refractivity contribution in [1.29, 1.82) is 0 Å².